The molecule has 0 unspecified atom stereocenters. The fraction of sp³-hybridized carbons (Fsp3) is 0.235. The maximum Gasteiger partial charge on any atom is 0.255 e. The third-order valence-electron chi connectivity index (χ3n) is 4.05. The van der Waals surface area contributed by atoms with Gasteiger partial charge >= 0.3 is 0 Å². The van der Waals surface area contributed by atoms with E-state index in [1.165, 1.54) is 34.8 Å². The normalized spacial score (nSPS) is 14.9. The molecule has 2 aromatic rings. The molecule has 1 aliphatic heterocycles. The van der Waals surface area contributed by atoms with E-state index in [0.717, 1.165) is 11.1 Å². The van der Waals surface area contributed by atoms with Gasteiger partial charge < -0.3 is 5.32 Å². The van der Waals surface area contributed by atoms with Crippen LogP contribution in [0.4, 0.5) is 10.1 Å². The van der Waals surface area contributed by atoms with Crippen LogP contribution in [0.25, 0.3) is 0 Å². The Balaban J connectivity index is 1.84. The SMILES string of the molecule is CS(=O)(=O)N1CCc2c(cccc2NC(=O)c2ccc(F)cc2)C1. The summed E-state index contributed by atoms with van der Waals surface area (Å²) in [6.45, 7) is 0.684. The third kappa shape index (κ3) is 3.47. The summed E-state index contributed by atoms with van der Waals surface area (Å²) in [5, 5.41) is 2.83. The fourth-order valence-electron chi connectivity index (χ4n) is 2.78. The molecule has 0 atom stereocenters. The maximum atomic E-state index is 12.9. The summed E-state index contributed by atoms with van der Waals surface area (Å²) < 4.78 is 37.8. The highest BCUT2D eigenvalue weighted by molar-refractivity contribution is 7.88. The van der Waals surface area contributed by atoms with Crippen LogP contribution in [0.2, 0.25) is 0 Å². The van der Waals surface area contributed by atoms with E-state index in [0.29, 0.717) is 30.8 Å². The Morgan fingerprint density at radius 3 is 2.54 bits per heavy atom. The first-order valence-electron chi connectivity index (χ1n) is 7.47. The lowest BCUT2D eigenvalue weighted by atomic mass is 9.99. The predicted molar refractivity (Wildman–Crippen MR) is 89.8 cm³/mol. The van der Waals surface area contributed by atoms with Crippen LogP contribution in [0.15, 0.2) is 42.5 Å². The Morgan fingerprint density at radius 1 is 1.17 bits per heavy atom. The molecule has 24 heavy (non-hydrogen) atoms. The van der Waals surface area contributed by atoms with Crippen molar-refractivity contribution in [1.82, 2.24) is 4.31 Å². The molecule has 1 N–H and O–H groups in total. The Hall–Kier alpha value is -2.25. The summed E-state index contributed by atoms with van der Waals surface area (Å²) in [7, 11) is -3.24. The van der Waals surface area contributed by atoms with E-state index >= 15 is 0 Å². The molecule has 7 heteroatoms. The first-order chi connectivity index (χ1) is 11.3. The van der Waals surface area contributed by atoms with Crippen LogP contribution in [0.5, 0.6) is 0 Å². The van der Waals surface area contributed by atoms with E-state index in [1.807, 2.05) is 6.07 Å². The van der Waals surface area contributed by atoms with Crippen molar-refractivity contribution in [3.05, 3.63) is 65.0 Å². The number of hydrogen-bond donors (Lipinski definition) is 1. The summed E-state index contributed by atoms with van der Waals surface area (Å²) >= 11 is 0. The molecule has 2 aromatic carbocycles. The second kappa shape index (κ2) is 6.33. The molecule has 3 rings (SSSR count). The maximum absolute atomic E-state index is 12.9. The van der Waals surface area contributed by atoms with Crippen LogP contribution in [0.1, 0.15) is 21.5 Å². The number of nitrogens with one attached hydrogen (secondary N) is 1. The average molecular weight is 348 g/mol. The summed E-state index contributed by atoms with van der Waals surface area (Å²) in [4.78, 5) is 12.3. The van der Waals surface area contributed by atoms with Gasteiger partial charge in [-0.05, 0) is 47.9 Å². The van der Waals surface area contributed by atoms with Gasteiger partial charge in [-0.1, -0.05) is 12.1 Å². The van der Waals surface area contributed by atoms with Crippen molar-refractivity contribution >= 4 is 21.6 Å². The van der Waals surface area contributed by atoms with Crippen LogP contribution in [0, 0.1) is 5.82 Å². The monoisotopic (exact) mass is 348 g/mol. The van der Waals surface area contributed by atoms with Crippen LogP contribution < -0.4 is 5.32 Å². The third-order valence-corrected chi connectivity index (χ3v) is 5.30. The lowest BCUT2D eigenvalue weighted by Gasteiger charge is -2.28. The van der Waals surface area contributed by atoms with Crippen molar-refractivity contribution in [2.24, 2.45) is 0 Å². The van der Waals surface area contributed by atoms with Crippen molar-refractivity contribution in [1.29, 1.82) is 0 Å². The number of benzene rings is 2. The molecule has 1 aliphatic rings. The lowest BCUT2D eigenvalue weighted by Crippen LogP contribution is -2.35. The van der Waals surface area contributed by atoms with Crippen molar-refractivity contribution in [2.75, 3.05) is 18.1 Å². The largest absolute Gasteiger partial charge is 0.322 e. The molecule has 0 aliphatic carbocycles. The van der Waals surface area contributed by atoms with Gasteiger partial charge in [0.15, 0.2) is 0 Å². The predicted octanol–water partition coefficient (Wildman–Crippen LogP) is 2.40. The van der Waals surface area contributed by atoms with Crippen molar-refractivity contribution in [3.8, 4) is 0 Å². The van der Waals surface area contributed by atoms with E-state index < -0.39 is 15.8 Å². The first kappa shape index (κ1) is 16.6. The Morgan fingerprint density at radius 2 is 1.88 bits per heavy atom. The molecular weight excluding hydrogens is 331 g/mol. The zero-order chi connectivity index (χ0) is 17.3. The van der Waals surface area contributed by atoms with Gasteiger partial charge in [0.1, 0.15) is 5.82 Å². The molecule has 5 nitrogen and oxygen atoms in total. The van der Waals surface area contributed by atoms with E-state index in [9.17, 15) is 17.6 Å². The zero-order valence-corrected chi connectivity index (χ0v) is 13.9. The number of hydrogen-bond acceptors (Lipinski definition) is 3. The molecule has 0 saturated heterocycles. The van der Waals surface area contributed by atoms with Crippen LogP contribution in [0.3, 0.4) is 0 Å². The van der Waals surface area contributed by atoms with E-state index in [-0.39, 0.29) is 5.91 Å². The quantitative estimate of drug-likeness (QED) is 0.926. The highest BCUT2D eigenvalue weighted by atomic mass is 32.2. The summed E-state index contributed by atoms with van der Waals surface area (Å²) in [5.41, 5.74) is 2.84. The smallest absolute Gasteiger partial charge is 0.255 e. The molecule has 0 bridgehead atoms. The molecule has 0 aromatic heterocycles. The van der Waals surface area contributed by atoms with Crippen LogP contribution in [-0.4, -0.2) is 31.4 Å². The first-order valence-corrected chi connectivity index (χ1v) is 9.32. The standard InChI is InChI=1S/C17H17FN2O3S/c1-24(22,23)20-10-9-15-13(11-20)3-2-4-16(15)19-17(21)12-5-7-14(18)8-6-12/h2-8H,9-11H2,1H3,(H,19,21). The lowest BCUT2D eigenvalue weighted by molar-refractivity contribution is 0.102. The molecule has 1 amide bonds. The molecule has 1 heterocycles. The number of sulfonamides is 1. The van der Waals surface area contributed by atoms with Gasteiger partial charge in [0.2, 0.25) is 10.0 Å². The number of fused-ring (bicyclic) bond motifs is 1. The molecule has 0 spiro atoms. The second-order valence-corrected chi connectivity index (χ2v) is 7.73. The van der Waals surface area contributed by atoms with Gasteiger partial charge in [-0.25, -0.2) is 12.8 Å². The number of rotatable bonds is 3. The van der Waals surface area contributed by atoms with Crippen molar-refractivity contribution in [2.45, 2.75) is 13.0 Å². The van der Waals surface area contributed by atoms with E-state index in [4.69, 9.17) is 0 Å². The van der Waals surface area contributed by atoms with Crippen molar-refractivity contribution < 1.29 is 17.6 Å². The number of carbonyl (C=O) groups is 1. The van der Waals surface area contributed by atoms with Gasteiger partial charge in [-0.15, -0.1) is 0 Å². The van der Waals surface area contributed by atoms with E-state index in [1.54, 1.807) is 12.1 Å². The number of nitrogens with zero attached hydrogens (tertiary/aromatic N) is 1. The number of amides is 1. The summed E-state index contributed by atoms with van der Waals surface area (Å²) in [5.74, 6) is -0.724. The summed E-state index contributed by atoms with van der Waals surface area (Å²) in [6.07, 6.45) is 1.72. The van der Waals surface area contributed by atoms with Gasteiger partial charge in [-0.3, -0.25) is 4.79 Å². The van der Waals surface area contributed by atoms with Crippen LogP contribution >= 0.6 is 0 Å². The molecule has 0 saturated carbocycles. The van der Waals surface area contributed by atoms with E-state index in [2.05, 4.69) is 5.32 Å². The Kier molecular flexibility index (Phi) is 4.38. The fourth-order valence-corrected chi connectivity index (χ4v) is 3.58. The van der Waals surface area contributed by atoms with Crippen molar-refractivity contribution in [3.63, 3.8) is 0 Å². The summed E-state index contributed by atoms with van der Waals surface area (Å²) in [6, 6.07) is 10.7. The second-order valence-electron chi connectivity index (χ2n) is 5.75. The zero-order valence-electron chi connectivity index (χ0n) is 13.1. The van der Waals surface area contributed by atoms with Gasteiger partial charge in [0.05, 0.1) is 6.26 Å². The Bertz CT molecular complexity index is 879. The average Bonchev–Trinajstić information content (AvgIpc) is 2.54. The molecular formula is C17H17FN2O3S. The molecule has 0 radical (unpaired) electrons. The van der Waals surface area contributed by atoms with Gasteiger partial charge in [0.25, 0.3) is 5.91 Å². The highest BCUT2D eigenvalue weighted by Gasteiger charge is 2.25. The topological polar surface area (TPSA) is 66.5 Å². The highest BCUT2D eigenvalue weighted by Crippen LogP contribution is 2.27. The number of carbonyl (C=O) groups excluding carboxylic acids is 1. The van der Waals surface area contributed by atoms with Gasteiger partial charge in [0, 0.05) is 24.3 Å². The van der Waals surface area contributed by atoms with Gasteiger partial charge in [-0.2, -0.15) is 4.31 Å². The minimum absolute atomic E-state index is 0.300. The Labute approximate surface area is 140 Å². The number of halogens is 1. The van der Waals surface area contributed by atoms with Crippen LogP contribution in [-0.2, 0) is 23.0 Å². The number of anilines is 1. The minimum Gasteiger partial charge on any atom is -0.322 e. The molecule has 0 fully saturated rings. The minimum atomic E-state index is -3.24. The molecule has 126 valence electrons.